The van der Waals surface area contributed by atoms with Gasteiger partial charge in [0.05, 0.1) is 11.0 Å². The van der Waals surface area contributed by atoms with Crippen LogP contribution in [0.4, 0.5) is 0 Å². The third kappa shape index (κ3) is 2.14. The normalized spacial score (nSPS) is 11.4. The molecule has 0 amide bonds. The number of fused-ring (bicyclic) bond motifs is 3. The molecule has 0 aliphatic heterocycles. The van der Waals surface area contributed by atoms with Crippen molar-refractivity contribution >= 4 is 16.8 Å². The largest absolute Gasteiger partial charge is 0.329 e. The van der Waals surface area contributed by atoms with Crippen LogP contribution in [-0.2, 0) is 6.42 Å². The number of benzene rings is 2. The van der Waals surface area contributed by atoms with Crippen LogP contribution in [-0.4, -0.2) is 14.4 Å². The van der Waals surface area contributed by atoms with E-state index in [1.165, 1.54) is 11.1 Å². The standard InChI is InChI=1S/C19H17N3O/c1-12-7-3-4-8-14(12)11-15-13(2)20-19-21-16-9-5-6-10-17(16)22(19)18(15)23/h3-10H,11H2,1-2H3,(H,20,21). The molecule has 0 aliphatic rings. The Morgan fingerprint density at radius 3 is 2.61 bits per heavy atom. The summed E-state index contributed by atoms with van der Waals surface area (Å²) in [5, 5.41) is 0. The molecule has 0 radical (unpaired) electrons. The predicted molar refractivity (Wildman–Crippen MR) is 92.0 cm³/mol. The van der Waals surface area contributed by atoms with Crippen molar-refractivity contribution < 1.29 is 0 Å². The number of imidazole rings is 1. The van der Waals surface area contributed by atoms with Gasteiger partial charge in [-0.3, -0.25) is 4.79 Å². The van der Waals surface area contributed by atoms with E-state index in [-0.39, 0.29) is 5.56 Å². The maximum absolute atomic E-state index is 13.0. The Labute approximate surface area is 133 Å². The van der Waals surface area contributed by atoms with Crippen LogP contribution in [0, 0.1) is 13.8 Å². The van der Waals surface area contributed by atoms with Crippen molar-refractivity contribution in [3.8, 4) is 0 Å². The van der Waals surface area contributed by atoms with E-state index in [0.29, 0.717) is 12.2 Å². The van der Waals surface area contributed by atoms with Crippen molar-refractivity contribution in [2.45, 2.75) is 20.3 Å². The molecule has 0 saturated heterocycles. The van der Waals surface area contributed by atoms with Crippen LogP contribution < -0.4 is 5.56 Å². The first-order valence-corrected chi connectivity index (χ1v) is 7.68. The zero-order valence-corrected chi connectivity index (χ0v) is 13.1. The van der Waals surface area contributed by atoms with E-state index >= 15 is 0 Å². The van der Waals surface area contributed by atoms with Gasteiger partial charge in [-0.15, -0.1) is 0 Å². The Morgan fingerprint density at radius 2 is 1.78 bits per heavy atom. The van der Waals surface area contributed by atoms with Gasteiger partial charge >= 0.3 is 0 Å². The molecule has 4 rings (SSSR count). The van der Waals surface area contributed by atoms with Gasteiger partial charge in [0.15, 0.2) is 0 Å². The molecule has 2 aromatic heterocycles. The average molecular weight is 303 g/mol. The number of aryl methyl sites for hydroxylation is 2. The fraction of sp³-hybridized carbons (Fsp3) is 0.158. The van der Waals surface area contributed by atoms with Gasteiger partial charge in [0.1, 0.15) is 0 Å². The predicted octanol–water partition coefficient (Wildman–Crippen LogP) is 3.38. The number of H-pyrrole nitrogens is 1. The van der Waals surface area contributed by atoms with Crippen LogP contribution in [0.15, 0.2) is 53.3 Å². The number of rotatable bonds is 2. The smallest absolute Gasteiger partial charge is 0.263 e. The maximum atomic E-state index is 13.0. The van der Waals surface area contributed by atoms with Crippen molar-refractivity contribution in [3.05, 3.63) is 81.3 Å². The van der Waals surface area contributed by atoms with Crippen molar-refractivity contribution in [3.63, 3.8) is 0 Å². The molecule has 1 N–H and O–H groups in total. The number of para-hydroxylation sites is 2. The lowest BCUT2D eigenvalue weighted by Gasteiger charge is -2.09. The molecule has 0 aliphatic carbocycles. The summed E-state index contributed by atoms with van der Waals surface area (Å²) in [6, 6.07) is 15.9. The number of nitrogens with zero attached hydrogens (tertiary/aromatic N) is 2. The zero-order valence-electron chi connectivity index (χ0n) is 13.1. The van der Waals surface area contributed by atoms with E-state index in [2.05, 4.69) is 29.0 Å². The number of hydrogen-bond acceptors (Lipinski definition) is 2. The SMILES string of the molecule is Cc1ccccc1Cc1c(C)[nH]c2nc3ccccc3n2c1=O. The van der Waals surface area contributed by atoms with Gasteiger partial charge in [-0.25, -0.2) is 9.38 Å². The summed E-state index contributed by atoms with van der Waals surface area (Å²) in [6.45, 7) is 4.01. The van der Waals surface area contributed by atoms with Crippen molar-refractivity contribution in [1.82, 2.24) is 14.4 Å². The minimum atomic E-state index is 0.00760. The molecule has 114 valence electrons. The van der Waals surface area contributed by atoms with E-state index < -0.39 is 0 Å². The zero-order chi connectivity index (χ0) is 16.0. The first kappa shape index (κ1) is 13.8. The minimum Gasteiger partial charge on any atom is -0.329 e. The first-order valence-electron chi connectivity index (χ1n) is 7.68. The molecule has 0 atom stereocenters. The Kier molecular flexibility index (Phi) is 3.05. The van der Waals surface area contributed by atoms with Gasteiger partial charge in [0.25, 0.3) is 5.56 Å². The average Bonchev–Trinajstić information content (AvgIpc) is 2.91. The summed E-state index contributed by atoms with van der Waals surface area (Å²) >= 11 is 0. The third-order valence-electron chi connectivity index (χ3n) is 4.40. The Hall–Kier alpha value is -2.88. The second-order valence-corrected chi connectivity index (χ2v) is 5.90. The van der Waals surface area contributed by atoms with Gasteiger partial charge in [0.2, 0.25) is 5.78 Å². The Balaban J connectivity index is 1.98. The molecule has 4 aromatic rings. The van der Waals surface area contributed by atoms with Crippen LogP contribution in [0.3, 0.4) is 0 Å². The summed E-state index contributed by atoms with van der Waals surface area (Å²) in [5.74, 6) is 0.599. The van der Waals surface area contributed by atoms with E-state index in [0.717, 1.165) is 22.3 Å². The highest BCUT2D eigenvalue weighted by molar-refractivity contribution is 5.79. The van der Waals surface area contributed by atoms with Crippen molar-refractivity contribution in [2.24, 2.45) is 0 Å². The Morgan fingerprint density at radius 1 is 1.04 bits per heavy atom. The molecule has 4 nitrogen and oxygen atoms in total. The lowest BCUT2D eigenvalue weighted by atomic mass is 10.0. The van der Waals surface area contributed by atoms with Crippen LogP contribution in [0.5, 0.6) is 0 Å². The molecular weight excluding hydrogens is 286 g/mol. The molecule has 0 unspecified atom stereocenters. The first-order chi connectivity index (χ1) is 11.1. The maximum Gasteiger partial charge on any atom is 0.263 e. The fourth-order valence-corrected chi connectivity index (χ4v) is 3.06. The molecule has 2 aromatic carbocycles. The van der Waals surface area contributed by atoms with Crippen LogP contribution in [0.25, 0.3) is 16.8 Å². The summed E-state index contributed by atoms with van der Waals surface area (Å²) in [7, 11) is 0. The van der Waals surface area contributed by atoms with Gasteiger partial charge in [0, 0.05) is 17.7 Å². The summed E-state index contributed by atoms with van der Waals surface area (Å²) < 4.78 is 1.68. The topological polar surface area (TPSA) is 50.2 Å². The third-order valence-corrected chi connectivity index (χ3v) is 4.40. The number of nitrogens with one attached hydrogen (secondary N) is 1. The van der Waals surface area contributed by atoms with Crippen molar-refractivity contribution in [1.29, 1.82) is 0 Å². The molecule has 23 heavy (non-hydrogen) atoms. The van der Waals surface area contributed by atoms with E-state index in [1.54, 1.807) is 4.40 Å². The lowest BCUT2D eigenvalue weighted by molar-refractivity contribution is 0.964. The highest BCUT2D eigenvalue weighted by Gasteiger charge is 2.14. The molecule has 4 heteroatoms. The van der Waals surface area contributed by atoms with Gasteiger partial charge in [-0.05, 0) is 37.1 Å². The highest BCUT2D eigenvalue weighted by Crippen LogP contribution is 2.17. The number of aromatic amines is 1. The lowest BCUT2D eigenvalue weighted by Crippen LogP contribution is -2.21. The highest BCUT2D eigenvalue weighted by atomic mass is 16.1. The van der Waals surface area contributed by atoms with Crippen LogP contribution in [0.1, 0.15) is 22.4 Å². The van der Waals surface area contributed by atoms with E-state index in [1.807, 2.05) is 43.3 Å². The summed E-state index contributed by atoms with van der Waals surface area (Å²) in [6.07, 6.45) is 0.621. The van der Waals surface area contributed by atoms with Gasteiger partial charge in [-0.1, -0.05) is 36.4 Å². The minimum absolute atomic E-state index is 0.00760. The summed E-state index contributed by atoms with van der Waals surface area (Å²) in [5.41, 5.74) is 5.71. The number of hydrogen-bond donors (Lipinski definition) is 1. The van der Waals surface area contributed by atoms with Gasteiger partial charge < -0.3 is 4.98 Å². The number of aromatic nitrogens is 3. The van der Waals surface area contributed by atoms with Crippen molar-refractivity contribution in [2.75, 3.05) is 0 Å². The second-order valence-electron chi connectivity index (χ2n) is 5.90. The second kappa shape index (κ2) is 5.09. The molecule has 2 heterocycles. The molecule has 0 bridgehead atoms. The monoisotopic (exact) mass is 303 g/mol. The quantitative estimate of drug-likeness (QED) is 0.617. The van der Waals surface area contributed by atoms with E-state index in [9.17, 15) is 4.79 Å². The molecule has 0 spiro atoms. The van der Waals surface area contributed by atoms with Crippen LogP contribution >= 0.6 is 0 Å². The molecular formula is C19H17N3O. The fourth-order valence-electron chi connectivity index (χ4n) is 3.06. The van der Waals surface area contributed by atoms with Crippen LogP contribution in [0.2, 0.25) is 0 Å². The Bertz CT molecular complexity index is 1090. The van der Waals surface area contributed by atoms with Gasteiger partial charge in [-0.2, -0.15) is 0 Å². The molecule has 0 fully saturated rings. The van der Waals surface area contributed by atoms with E-state index in [4.69, 9.17) is 0 Å². The molecule has 0 saturated carbocycles. The summed E-state index contributed by atoms with van der Waals surface area (Å²) in [4.78, 5) is 20.8.